The number of rotatable bonds is 8. The molecule has 0 fully saturated rings. The highest BCUT2D eigenvalue weighted by atomic mass is 35.5. The molecule has 3 rings (SSSR count). The van der Waals surface area contributed by atoms with Crippen LogP contribution in [0.5, 0.6) is 11.5 Å². The van der Waals surface area contributed by atoms with E-state index in [1.165, 1.54) is 0 Å². The summed E-state index contributed by atoms with van der Waals surface area (Å²) in [6.07, 6.45) is 3.62. The number of nitrogens with one attached hydrogen (secondary N) is 1. The van der Waals surface area contributed by atoms with Gasteiger partial charge in [0.25, 0.3) is 0 Å². The molecule has 0 aliphatic carbocycles. The van der Waals surface area contributed by atoms with Gasteiger partial charge in [0.05, 0.1) is 7.11 Å². The fourth-order valence-corrected chi connectivity index (χ4v) is 3.12. The van der Waals surface area contributed by atoms with Crippen LogP contribution in [0, 0.1) is 0 Å². The van der Waals surface area contributed by atoms with Crippen molar-refractivity contribution in [1.82, 2.24) is 10.3 Å². The lowest BCUT2D eigenvalue weighted by Gasteiger charge is -2.14. The number of benzene rings is 2. The lowest BCUT2D eigenvalue weighted by Crippen LogP contribution is -3.00. The van der Waals surface area contributed by atoms with Crippen LogP contribution in [0.25, 0.3) is 0 Å². The fourth-order valence-electron chi connectivity index (χ4n) is 2.62. The number of ether oxygens (including phenoxy) is 2. The number of pyridine rings is 1. The van der Waals surface area contributed by atoms with Crippen molar-refractivity contribution >= 4 is 23.2 Å². The van der Waals surface area contributed by atoms with E-state index < -0.39 is 0 Å². The Morgan fingerprint density at radius 3 is 2.36 bits per heavy atom. The maximum atomic E-state index is 6.19. The van der Waals surface area contributed by atoms with E-state index in [1.54, 1.807) is 25.4 Å². The SMILES string of the molecule is COc1cc(CNCc2cccnc2)ccc1OCc1c(Cl)cccc1Cl.[Cl-]. The summed E-state index contributed by atoms with van der Waals surface area (Å²) in [4.78, 5) is 4.11. The van der Waals surface area contributed by atoms with Gasteiger partial charge in [-0.3, -0.25) is 4.98 Å². The molecule has 0 saturated carbocycles. The first-order valence-electron chi connectivity index (χ1n) is 8.49. The van der Waals surface area contributed by atoms with Gasteiger partial charge in [0.15, 0.2) is 11.5 Å². The molecule has 0 unspecified atom stereocenters. The average molecular weight is 439 g/mol. The van der Waals surface area contributed by atoms with Crippen LogP contribution in [0.1, 0.15) is 16.7 Å². The van der Waals surface area contributed by atoms with Crippen molar-refractivity contribution in [2.45, 2.75) is 19.7 Å². The number of aromatic nitrogens is 1. The molecule has 0 amide bonds. The molecule has 2 aromatic carbocycles. The summed E-state index contributed by atoms with van der Waals surface area (Å²) in [6.45, 7) is 1.73. The summed E-state index contributed by atoms with van der Waals surface area (Å²) in [6, 6.07) is 15.2. The molecule has 3 aromatic rings. The molecule has 0 spiro atoms. The summed E-state index contributed by atoms with van der Waals surface area (Å²) in [5.41, 5.74) is 2.99. The van der Waals surface area contributed by atoms with E-state index in [0.717, 1.165) is 23.2 Å². The Morgan fingerprint density at radius 1 is 0.929 bits per heavy atom. The highest BCUT2D eigenvalue weighted by Crippen LogP contribution is 2.31. The van der Waals surface area contributed by atoms with Crippen LogP contribution < -0.4 is 27.2 Å². The molecule has 0 aliphatic heterocycles. The first-order valence-corrected chi connectivity index (χ1v) is 9.25. The predicted octanol–water partition coefficient (Wildman–Crippen LogP) is 2.27. The first-order chi connectivity index (χ1) is 13.2. The molecule has 0 bridgehead atoms. The third-order valence-corrected chi connectivity index (χ3v) is 4.75. The van der Waals surface area contributed by atoms with Crippen LogP contribution in [0.3, 0.4) is 0 Å². The summed E-state index contributed by atoms with van der Waals surface area (Å²) in [7, 11) is 1.62. The van der Waals surface area contributed by atoms with Crippen molar-refractivity contribution < 1.29 is 21.9 Å². The van der Waals surface area contributed by atoms with Gasteiger partial charge in [-0.2, -0.15) is 0 Å². The summed E-state index contributed by atoms with van der Waals surface area (Å²) in [5.74, 6) is 1.31. The van der Waals surface area contributed by atoms with Crippen molar-refractivity contribution in [2.75, 3.05) is 7.11 Å². The molecule has 0 atom stereocenters. The van der Waals surface area contributed by atoms with Gasteiger partial charge < -0.3 is 27.2 Å². The zero-order valence-electron chi connectivity index (χ0n) is 15.3. The monoisotopic (exact) mass is 437 g/mol. The van der Waals surface area contributed by atoms with Gasteiger partial charge in [-0.15, -0.1) is 0 Å². The van der Waals surface area contributed by atoms with Crippen LogP contribution in [-0.2, 0) is 19.7 Å². The second-order valence-electron chi connectivity index (χ2n) is 5.94. The van der Waals surface area contributed by atoms with Gasteiger partial charge in [-0.1, -0.05) is 41.4 Å². The van der Waals surface area contributed by atoms with Crippen LogP contribution in [0.2, 0.25) is 10.0 Å². The van der Waals surface area contributed by atoms with Crippen LogP contribution in [0.15, 0.2) is 60.9 Å². The van der Waals surface area contributed by atoms with Gasteiger partial charge in [0.1, 0.15) is 6.61 Å². The lowest BCUT2D eigenvalue weighted by molar-refractivity contribution is -0.00000591. The number of hydrogen-bond donors (Lipinski definition) is 1. The Bertz CT molecular complexity index is 872. The Balaban J connectivity index is 0.00000280. The maximum Gasteiger partial charge on any atom is 0.161 e. The van der Waals surface area contributed by atoms with E-state index in [1.807, 2.05) is 42.6 Å². The first kappa shape index (κ1) is 22.3. The number of nitrogens with zero attached hydrogens (tertiary/aromatic N) is 1. The zero-order valence-corrected chi connectivity index (χ0v) is 17.6. The molecule has 1 aromatic heterocycles. The number of halogens is 3. The van der Waals surface area contributed by atoms with Crippen molar-refractivity contribution in [2.24, 2.45) is 0 Å². The third kappa shape index (κ3) is 6.01. The zero-order chi connectivity index (χ0) is 19.1. The molecule has 0 aliphatic rings. The normalized spacial score (nSPS) is 10.2. The number of methoxy groups -OCH3 is 1. The van der Waals surface area contributed by atoms with E-state index in [9.17, 15) is 0 Å². The lowest BCUT2D eigenvalue weighted by atomic mass is 10.2. The van der Waals surface area contributed by atoms with Crippen molar-refractivity contribution in [3.8, 4) is 11.5 Å². The molecule has 148 valence electrons. The molecule has 1 N–H and O–H groups in total. The minimum absolute atomic E-state index is 0. The Hall–Kier alpha value is -1.98. The third-order valence-electron chi connectivity index (χ3n) is 4.04. The summed E-state index contributed by atoms with van der Waals surface area (Å²) < 4.78 is 11.4. The Kier molecular flexibility index (Phi) is 8.87. The smallest absolute Gasteiger partial charge is 0.161 e. The van der Waals surface area contributed by atoms with Crippen LogP contribution >= 0.6 is 23.2 Å². The maximum absolute atomic E-state index is 6.19. The second-order valence-corrected chi connectivity index (χ2v) is 6.75. The van der Waals surface area contributed by atoms with Crippen LogP contribution in [0.4, 0.5) is 0 Å². The van der Waals surface area contributed by atoms with Crippen molar-refractivity contribution in [3.63, 3.8) is 0 Å². The number of hydrogen-bond acceptors (Lipinski definition) is 4. The quantitative estimate of drug-likeness (QED) is 0.586. The van der Waals surface area contributed by atoms with Crippen molar-refractivity contribution in [3.05, 3.63) is 87.7 Å². The molecule has 0 saturated heterocycles. The Morgan fingerprint density at radius 2 is 1.68 bits per heavy atom. The highest BCUT2D eigenvalue weighted by molar-refractivity contribution is 6.35. The van der Waals surface area contributed by atoms with Gasteiger partial charge in [-0.05, 0) is 41.5 Å². The van der Waals surface area contributed by atoms with E-state index in [2.05, 4.69) is 10.3 Å². The largest absolute Gasteiger partial charge is 1.00 e. The van der Waals surface area contributed by atoms with E-state index >= 15 is 0 Å². The van der Waals surface area contributed by atoms with Gasteiger partial charge in [0.2, 0.25) is 0 Å². The van der Waals surface area contributed by atoms with E-state index in [-0.39, 0.29) is 19.0 Å². The topological polar surface area (TPSA) is 43.4 Å². The minimum atomic E-state index is 0. The summed E-state index contributed by atoms with van der Waals surface area (Å²) >= 11 is 12.4. The summed E-state index contributed by atoms with van der Waals surface area (Å²) in [5, 5.41) is 4.55. The Labute approximate surface area is 181 Å². The molecular formula is C21H20Cl3N2O2-. The molecular weight excluding hydrogens is 419 g/mol. The van der Waals surface area contributed by atoms with Crippen LogP contribution in [-0.4, -0.2) is 12.1 Å². The molecule has 1 heterocycles. The van der Waals surface area contributed by atoms with Gasteiger partial charge in [0, 0.05) is 41.1 Å². The molecule has 28 heavy (non-hydrogen) atoms. The van der Waals surface area contributed by atoms with Gasteiger partial charge >= 0.3 is 0 Å². The average Bonchev–Trinajstić information content (AvgIpc) is 2.69. The highest BCUT2D eigenvalue weighted by Gasteiger charge is 2.10. The van der Waals surface area contributed by atoms with E-state index in [4.69, 9.17) is 32.7 Å². The minimum Gasteiger partial charge on any atom is -1.00 e. The van der Waals surface area contributed by atoms with E-state index in [0.29, 0.717) is 28.1 Å². The van der Waals surface area contributed by atoms with Crippen molar-refractivity contribution in [1.29, 1.82) is 0 Å². The van der Waals surface area contributed by atoms with Gasteiger partial charge in [-0.25, -0.2) is 0 Å². The molecule has 0 radical (unpaired) electrons. The standard InChI is InChI=1S/C21H20Cl2N2O2.ClH/c1-26-21-10-15(11-25-13-16-4-3-9-24-12-16)7-8-20(21)27-14-17-18(22)5-2-6-19(17)23;/h2-10,12,25H,11,13-14H2,1H3;1H/p-1. The fraction of sp³-hybridized carbons (Fsp3) is 0.190. The molecule has 7 heteroatoms. The second kappa shape index (κ2) is 11.1. The predicted molar refractivity (Wildman–Crippen MR) is 109 cm³/mol. The molecule has 4 nitrogen and oxygen atoms in total.